The number of benzene rings is 2. The summed E-state index contributed by atoms with van der Waals surface area (Å²) in [5, 5.41) is 13.1. The summed E-state index contributed by atoms with van der Waals surface area (Å²) in [5.74, 6) is -2.37. The number of aliphatic carboxylic acids is 1. The number of hydrogen-bond acceptors (Lipinski definition) is 4. The molecule has 5 rings (SSSR count). The van der Waals surface area contributed by atoms with Crippen LogP contribution in [-0.4, -0.2) is 49.1 Å². The molecular weight excluding hydrogens is 480 g/mol. The Bertz CT molecular complexity index is 1480. The van der Waals surface area contributed by atoms with E-state index in [0.29, 0.717) is 27.6 Å². The van der Waals surface area contributed by atoms with Crippen molar-refractivity contribution in [2.75, 3.05) is 6.54 Å². The number of amides is 1. The van der Waals surface area contributed by atoms with E-state index in [1.807, 2.05) is 0 Å². The number of carbonyl (C=O) groups is 2. The number of halogens is 4. The SMILES string of the molecule is O=C(O)[C@H]1CCCN1C(=O)c1cnn2c(C(F)(F)F)cc(-c3ccc(-c4ccccc4F)cc3)nc12. The lowest BCUT2D eigenvalue weighted by atomic mass is 10.0. The van der Waals surface area contributed by atoms with E-state index in [-0.39, 0.29) is 29.9 Å². The molecule has 2 aromatic heterocycles. The third-order valence-corrected chi connectivity index (χ3v) is 6.16. The Morgan fingerprint density at radius 2 is 1.72 bits per heavy atom. The Labute approximate surface area is 201 Å². The van der Waals surface area contributed by atoms with Gasteiger partial charge >= 0.3 is 12.1 Å². The first-order chi connectivity index (χ1) is 17.1. The highest BCUT2D eigenvalue weighted by Crippen LogP contribution is 2.34. The van der Waals surface area contributed by atoms with E-state index in [9.17, 15) is 32.3 Å². The fourth-order valence-electron chi connectivity index (χ4n) is 4.40. The van der Waals surface area contributed by atoms with Crippen LogP contribution in [0.5, 0.6) is 0 Å². The second kappa shape index (κ2) is 8.74. The largest absolute Gasteiger partial charge is 0.480 e. The monoisotopic (exact) mass is 498 g/mol. The molecule has 2 aromatic carbocycles. The third kappa shape index (κ3) is 4.06. The summed E-state index contributed by atoms with van der Waals surface area (Å²) in [6, 6.07) is 12.0. The van der Waals surface area contributed by atoms with Crippen LogP contribution in [0.25, 0.3) is 28.0 Å². The second-order valence-electron chi connectivity index (χ2n) is 8.37. The number of carboxylic acid groups (broad SMARTS) is 1. The maximum absolute atomic E-state index is 14.1. The molecule has 1 aliphatic heterocycles. The van der Waals surface area contributed by atoms with Gasteiger partial charge < -0.3 is 10.0 Å². The molecule has 1 fully saturated rings. The molecular formula is C25H18F4N4O3. The number of fused-ring (bicyclic) bond motifs is 1. The van der Waals surface area contributed by atoms with E-state index in [1.165, 1.54) is 18.2 Å². The van der Waals surface area contributed by atoms with Gasteiger partial charge in [-0.25, -0.2) is 18.7 Å². The molecule has 1 saturated heterocycles. The Kier molecular flexibility index (Phi) is 5.70. The zero-order valence-corrected chi connectivity index (χ0v) is 18.5. The maximum Gasteiger partial charge on any atom is 0.433 e. The summed E-state index contributed by atoms with van der Waals surface area (Å²) in [7, 11) is 0. The Morgan fingerprint density at radius 3 is 2.39 bits per heavy atom. The average molecular weight is 498 g/mol. The van der Waals surface area contributed by atoms with Crippen molar-refractivity contribution in [2.24, 2.45) is 0 Å². The van der Waals surface area contributed by atoms with Crippen LogP contribution in [0.1, 0.15) is 28.9 Å². The first-order valence-corrected chi connectivity index (χ1v) is 11.0. The van der Waals surface area contributed by atoms with Gasteiger partial charge in [-0.1, -0.05) is 42.5 Å². The fraction of sp³-hybridized carbons (Fsp3) is 0.200. The zero-order chi connectivity index (χ0) is 25.6. The minimum atomic E-state index is -4.81. The van der Waals surface area contributed by atoms with E-state index >= 15 is 0 Å². The molecule has 1 amide bonds. The number of likely N-dealkylation sites (tertiary alicyclic amines) is 1. The van der Waals surface area contributed by atoms with Crippen molar-refractivity contribution in [1.29, 1.82) is 0 Å². The smallest absolute Gasteiger partial charge is 0.433 e. The number of rotatable bonds is 4. The Morgan fingerprint density at radius 1 is 1.03 bits per heavy atom. The molecule has 184 valence electrons. The molecule has 0 bridgehead atoms. The second-order valence-corrected chi connectivity index (χ2v) is 8.37. The van der Waals surface area contributed by atoms with Gasteiger partial charge in [-0.2, -0.15) is 18.3 Å². The normalized spacial score (nSPS) is 16.0. The van der Waals surface area contributed by atoms with Crippen LogP contribution in [0, 0.1) is 5.82 Å². The lowest BCUT2D eigenvalue weighted by Gasteiger charge is -2.20. The minimum Gasteiger partial charge on any atom is -0.480 e. The van der Waals surface area contributed by atoms with E-state index in [2.05, 4.69) is 10.1 Å². The van der Waals surface area contributed by atoms with Gasteiger partial charge in [0.2, 0.25) is 0 Å². The van der Waals surface area contributed by atoms with Crippen molar-refractivity contribution in [3.63, 3.8) is 0 Å². The summed E-state index contributed by atoms with van der Waals surface area (Å²) in [4.78, 5) is 30.1. The van der Waals surface area contributed by atoms with Gasteiger partial charge in [0.25, 0.3) is 5.91 Å². The zero-order valence-electron chi connectivity index (χ0n) is 18.5. The van der Waals surface area contributed by atoms with Crippen molar-refractivity contribution in [2.45, 2.75) is 25.1 Å². The Hall–Kier alpha value is -4.28. The van der Waals surface area contributed by atoms with Crippen molar-refractivity contribution >= 4 is 17.5 Å². The van der Waals surface area contributed by atoms with E-state index in [1.54, 1.807) is 30.3 Å². The lowest BCUT2D eigenvalue weighted by Crippen LogP contribution is -2.40. The van der Waals surface area contributed by atoms with Crippen LogP contribution < -0.4 is 0 Å². The van der Waals surface area contributed by atoms with Crippen molar-refractivity contribution in [3.05, 3.63) is 77.9 Å². The van der Waals surface area contributed by atoms with Gasteiger partial charge in [-0.15, -0.1) is 0 Å². The number of nitrogens with zero attached hydrogens (tertiary/aromatic N) is 4. The molecule has 0 saturated carbocycles. The van der Waals surface area contributed by atoms with E-state index in [4.69, 9.17) is 0 Å². The van der Waals surface area contributed by atoms with Crippen molar-refractivity contribution in [1.82, 2.24) is 19.5 Å². The molecule has 0 spiro atoms. The summed E-state index contributed by atoms with van der Waals surface area (Å²) in [6.07, 6.45) is -3.13. The first-order valence-electron chi connectivity index (χ1n) is 11.0. The van der Waals surface area contributed by atoms with Gasteiger partial charge in [0.1, 0.15) is 17.4 Å². The highest BCUT2D eigenvalue weighted by Gasteiger charge is 2.38. The van der Waals surface area contributed by atoms with Crippen LogP contribution in [0.4, 0.5) is 17.6 Å². The summed E-state index contributed by atoms with van der Waals surface area (Å²) < 4.78 is 56.4. The predicted octanol–water partition coefficient (Wildman–Crippen LogP) is 4.91. The minimum absolute atomic E-state index is 0.0688. The molecule has 4 aromatic rings. The van der Waals surface area contributed by atoms with E-state index in [0.717, 1.165) is 17.2 Å². The summed E-state index contributed by atoms with van der Waals surface area (Å²) in [5.41, 5.74) is -0.588. The van der Waals surface area contributed by atoms with Gasteiger partial charge in [0, 0.05) is 17.7 Å². The molecule has 3 heterocycles. The number of carboxylic acids is 1. The van der Waals surface area contributed by atoms with Crippen LogP contribution in [0.15, 0.2) is 60.8 Å². The number of hydrogen-bond donors (Lipinski definition) is 1. The average Bonchev–Trinajstić information content (AvgIpc) is 3.51. The highest BCUT2D eigenvalue weighted by molar-refractivity contribution is 6.01. The van der Waals surface area contributed by atoms with Gasteiger partial charge in [-0.3, -0.25) is 4.79 Å². The standard InChI is InChI=1S/C25H18F4N4O3/c26-18-5-2-1-4-16(18)14-7-9-15(10-8-14)19-12-21(25(27,28)29)33-22(31-19)17(13-30-33)23(34)32-11-3-6-20(32)24(35)36/h1-2,4-5,7-10,12-13,20H,3,6,11H2,(H,35,36)/t20-/m1/s1. The maximum atomic E-state index is 14.1. The number of alkyl halides is 3. The predicted molar refractivity (Wildman–Crippen MR) is 121 cm³/mol. The summed E-state index contributed by atoms with van der Waals surface area (Å²) >= 11 is 0. The molecule has 0 unspecified atom stereocenters. The quantitative estimate of drug-likeness (QED) is 0.404. The number of carbonyl (C=O) groups excluding carboxylic acids is 1. The van der Waals surface area contributed by atoms with E-state index < -0.39 is 35.6 Å². The molecule has 1 N–H and O–H groups in total. The van der Waals surface area contributed by atoms with Crippen molar-refractivity contribution in [3.8, 4) is 22.4 Å². The van der Waals surface area contributed by atoms with Gasteiger partial charge in [-0.05, 0) is 30.5 Å². The molecule has 11 heteroatoms. The van der Waals surface area contributed by atoms with Gasteiger partial charge in [0.05, 0.1) is 11.9 Å². The molecule has 0 aliphatic carbocycles. The summed E-state index contributed by atoms with van der Waals surface area (Å²) in [6.45, 7) is 0.163. The fourth-order valence-corrected chi connectivity index (χ4v) is 4.40. The highest BCUT2D eigenvalue weighted by atomic mass is 19.4. The first kappa shape index (κ1) is 23.5. The molecule has 0 radical (unpaired) electrons. The van der Waals surface area contributed by atoms with Crippen molar-refractivity contribution < 1.29 is 32.3 Å². The van der Waals surface area contributed by atoms with Gasteiger partial charge in [0.15, 0.2) is 11.3 Å². The molecule has 1 atom stereocenters. The molecule has 36 heavy (non-hydrogen) atoms. The topological polar surface area (TPSA) is 87.8 Å². The van der Waals surface area contributed by atoms with Crippen LogP contribution >= 0.6 is 0 Å². The Balaban J connectivity index is 1.60. The lowest BCUT2D eigenvalue weighted by molar-refractivity contribution is -0.143. The van der Waals surface area contributed by atoms with Crippen LogP contribution in [0.3, 0.4) is 0 Å². The van der Waals surface area contributed by atoms with Crippen LogP contribution in [-0.2, 0) is 11.0 Å². The molecule has 1 aliphatic rings. The molecule has 7 nitrogen and oxygen atoms in total. The number of aromatic nitrogens is 3. The van der Waals surface area contributed by atoms with Crippen LogP contribution in [0.2, 0.25) is 0 Å². The third-order valence-electron chi connectivity index (χ3n) is 6.16.